The van der Waals surface area contributed by atoms with Crippen LogP contribution in [0.5, 0.6) is 0 Å². The van der Waals surface area contributed by atoms with Crippen molar-refractivity contribution in [3.05, 3.63) is 24.3 Å². The van der Waals surface area contributed by atoms with Crippen LogP contribution in [-0.2, 0) is 9.59 Å². The minimum atomic E-state index is -0.479. The van der Waals surface area contributed by atoms with Crippen molar-refractivity contribution in [1.82, 2.24) is 25.1 Å². The number of nitrogens with zero attached hydrogens (tertiary/aromatic N) is 4. The van der Waals surface area contributed by atoms with Crippen LogP contribution in [0.3, 0.4) is 0 Å². The Morgan fingerprint density at radius 1 is 1.36 bits per heavy atom. The summed E-state index contributed by atoms with van der Waals surface area (Å²) < 4.78 is 0. The molecule has 2 unspecified atom stereocenters. The fourth-order valence-electron chi connectivity index (χ4n) is 2.93. The molecule has 0 aliphatic carbocycles. The van der Waals surface area contributed by atoms with E-state index in [2.05, 4.69) is 15.3 Å². The quantitative estimate of drug-likeness (QED) is 0.759. The molecule has 0 aromatic carbocycles. The lowest BCUT2D eigenvalue weighted by atomic mass is 9.94. The van der Waals surface area contributed by atoms with Gasteiger partial charge in [-0.25, -0.2) is 4.98 Å². The van der Waals surface area contributed by atoms with Gasteiger partial charge in [-0.2, -0.15) is 0 Å². The Morgan fingerprint density at radius 3 is 2.91 bits per heavy atom. The van der Waals surface area contributed by atoms with Gasteiger partial charge in [-0.1, -0.05) is 0 Å². The highest BCUT2D eigenvalue weighted by molar-refractivity contribution is 5.95. The number of hydrogen-bond donors (Lipinski definition) is 1. The molecule has 1 aromatic heterocycles. The summed E-state index contributed by atoms with van der Waals surface area (Å²) in [7, 11) is 1.62. The molecular weight excluding hydrogens is 286 g/mol. The second-order valence-electron chi connectivity index (χ2n) is 5.58. The van der Waals surface area contributed by atoms with Crippen LogP contribution in [0.1, 0.15) is 23.3 Å². The molecule has 2 atom stereocenters. The van der Waals surface area contributed by atoms with Crippen molar-refractivity contribution in [2.24, 2.45) is 0 Å². The summed E-state index contributed by atoms with van der Waals surface area (Å²) >= 11 is 0. The van der Waals surface area contributed by atoms with Crippen LogP contribution < -0.4 is 5.32 Å². The molecule has 3 rings (SSSR count). The van der Waals surface area contributed by atoms with E-state index in [9.17, 15) is 14.4 Å². The van der Waals surface area contributed by atoms with Gasteiger partial charge < -0.3 is 15.1 Å². The zero-order chi connectivity index (χ0) is 15.7. The summed E-state index contributed by atoms with van der Waals surface area (Å²) in [6, 6.07) is -0.633. The number of nitrogens with one attached hydrogen (secondary N) is 1. The van der Waals surface area contributed by atoms with Gasteiger partial charge in [0.05, 0.1) is 12.7 Å². The Morgan fingerprint density at radius 2 is 2.18 bits per heavy atom. The third-order valence-corrected chi connectivity index (χ3v) is 4.09. The van der Waals surface area contributed by atoms with Crippen molar-refractivity contribution in [2.45, 2.75) is 24.9 Å². The highest BCUT2D eigenvalue weighted by Gasteiger charge is 2.42. The lowest BCUT2D eigenvalue weighted by molar-refractivity contribution is -0.156. The summed E-state index contributed by atoms with van der Waals surface area (Å²) in [6.07, 6.45) is 5.41. The molecule has 8 nitrogen and oxygen atoms in total. The highest BCUT2D eigenvalue weighted by Crippen LogP contribution is 2.23. The van der Waals surface area contributed by atoms with Gasteiger partial charge in [0.25, 0.3) is 5.91 Å². The van der Waals surface area contributed by atoms with E-state index in [1.807, 2.05) is 0 Å². The molecule has 8 heteroatoms. The van der Waals surface area contributed by atoms with Gasteiger partial charge in [-0.15, -0.1) is 0 Å². The Kier molecular flexibility index (Phi) is 3.74. The molecule has 2 aliphatic heterocycles. The second-order valence-corrected chi connectivity index (χ2v) is 5.58. The van der Waals surface area contributed by atoms with Crippen molar-refractivity contribution in [1.29, 1.82) is 0 Å². The van der Waals surface area contributed by atoms with E-state index < -0.39 is 6.04 Å². The number of rotatable bonds is 2. The maximum Gasteiger partial charge on any atom is 0.271 e. The van der Waals surface area contributed by atoms with E-state index in [0.29, 0.717) is 19.4 Å². The van der Waals surface area contributed by atoms with E-state index in [4.69, 9.17) is 0 Å². The SMILES string of the molecule is CN1CC(=O)N2CCC(NC(=O)c3cnccn3)CC2C1=O. The Balaban J connectivity index is 1.67. The van der Waals surface area contributed by atoms with Gasteiger partial charge in [-0.3, -0.25) is 19.4 Å². The topological polar surface area (TPSA) is 95.5 Å². The number of carbonyl (C=O) groups is 3. The van der Waals surface area contributed by atoms with Crippen molar-refractivity contribution < 1.29 is 14.4 Å². The van der Waals surface area contributed by atoms with E-state index >= 15 is 0 Å². The lowest BCUT2D eigenvalue weighted by Gasteiger charge is -2.44. The Hall–Kier alpha value is -2.51. The number of piperazine rings is 1. The number of amides is 3. The molecular formula is C14H17N5O3. The third kappa shape index (κ3) is 2.63. The van der Waals surface area contributed by atoms with Crippen LogP contribution >= 0.6 is 0 Å². The van der Waals surface area contributed by atoms with Crippen LogP contribution in [0.2, 0.25) is 0 Å². The average molecular weight is 303 g/mol. The lowest BCUT2D eigenvalue weighted by Crippen LogP contribution is -2.63. The standard InChI is InChI=1S/C14H17N5O3/c1-18-8-12(20)19-5-2-9(6-11(19)14(18)22)17-13(21)10-7-15-3-4-16-10/h3-4,7,9,11H,2,5-6,8H2,1H3,(H,17,21). The van der Waals surface area contributed by atoms with Gasteiger partial charge in [-0.05, 0) is 12.8 Å². The first-order chi connectivity index (χ1) is 10.6. The number of aromatic nitrogens is 2. The molecule has 3 amide bonds. The number of hydrogen-bond acceptors (Lipinski definition) is 5. The first-order valence-corrected chi connectivity index (χ1v) is 7.17. The summed E-state index contributed by atoms with van der Waals surface area (Å²) in [4.78, 5) is 47.1. The fraction of sp³-hybridized carbons (Fsp3) is 0.500. The molecule has 0 saturated carbocycles. The number of fused-ring (bicyclic) bond motifs is 1. The molecule has 2 fully saturated rings. The number of likely N-dealkylation sites (N-methyl/N-ethyl adjacent to an activating group) is 1. The van der Waals surface area contributed by atoms with Crippen LogP contribution in [0.25, 0.3) is 0 Å². The largest absolute Gasteiger partial charge is 0.348 e. The normalized spacial score (nSPS) is 25.0. The van der Waals surface area contributed by atoms with Crippen LogP contribution in [0.4, 0.5) is 0 Å². The number of carbonyl (C=O) groups excluding carboxylic acids is 3. The zero-order valence-corrected chi connectivity index (χ0v) is 12.2. The van der Waals surface area contributed by atoms with Gasteiger partial charge in [0.2, 0.25) is 11.8 Å². The van der Waals surface area contributed by atoms with E-state index in [1.165, 1.54) is 23.5 Å². The van der Waals surface area contributed by atoms with Gasteiger partial charge in [0, 0.05) is 32.0 Å². The van der Waals surface area contributed by atoms with Gasteiger partial charge in [0.1, 0.15) is 11.7 Å². The van der Waals surface area contributed by atoms with E-state index in [-0.39, 0.29) is 36.0 Å². The Labute approximate surface area is 127 Å². The molecule has 2 saturated heterocycles. The summed E-state index contributed by atoms with van der Waals surface area (Å²) in [6.45, 7) is 0.612. The molecule has 1 aromatic rings. The predicted molar refractivity (Wildman–Crippen MR) is 75.7 cm³/mol. The molecule has 0 bridgehead atoms. The minimum Gasteiger partial charge on any atom is -0.348 e. The molecule has 22 heavy (non-hydrogen) atoms. The predicted octanol–water partition coefficient (Wildman–Crippen LogP) is -0.962. The monoisotopic (exact) mass is 303 g/mol. The number of piperidine rings is 1. The summed E-state index contributed by atoms with van der Waals surface area (Å²) in [5.41, 5.74) is 0.244. The van der Waals surface area contributed by atoms with Gasteiger partial charge >= 0.3 is 0 Å². The van der Waals surface area contributed by atoms with E-state index in [0.717, 1.165) is 0 Å². The fourth-order valence-corrected chi connectivity index (χ4v) is 2.93. The third-order valence-electron chi connectivity index (χ3n) is 4.09. The molecule has 116 valence electrons. The molecule has 0 spiro atoms. The first kappa shape index (κ1) is 14.4. The second kappa shape index (κ2) is 5.70. The van der Waals surface area contributed by atoms with Gasteiger partial charge in [0.15, 0.2) is 0 Å². The molecule has 3 heterocycles. The Bertz CT molecular complexity index is 606. The summed E-state index contributed by atoms with van der Waals surface area (Å²) in [5.74, 6) is -0.418. The van der Waals surface area contributed by atoms with Crippen molar-refractivity contribution in [3.8, 4) is 0 Å². The van der Waals surface area contributed by atoms with Crippen molar-refractivity contribution in [2.75, 3.05) is 20.1 Å². The maximum atomic E-state index is 12.2. The highest BCUT2D eigenvalue weighted by atomic mass is 16.2. The minimum absolute atomic E-state index is 0.0363. The van der Waals surface area contributed by atoms with Crippen LogP contribution in [-0.4, -0.2) is 69.7 Å². The maximum absolute atomic E-state index is 12.2. The van der Waals surface area contributed by atoms with Crippen LogP contribution in [0, 0.1) is 0 Å². The zero-order valence-electron chi connectivity index (χ0n) is 12.2. The van der Waals surface area contributed by atoms with Crippen LogP contribution in [0.15, 0.2) is 18.6 Å². The summed E-state index contributed by atoms with van der Waals surface area (Å²) in [5, 5.41) is 2.87. The smallest absolute Gasteiger partial charge is 0.271 e. The average Bonchev–Trinajstić information content (AvgIpc) is 2.53. The molecule has 2 aliphatic rings. The first-order valence-electron chi connectivity index (χ1n) is 7.17. The van der Waals surface area contributed by atoms with Crippen molar-refractivity contribution in [3.63, 3.8) is 0 Å². The van der Waals surface area contributed by atoms with Crippen molar-refractivity contribution >= 4 is 17.7 Å². The van der Waals surface area contributed by atoms with E-state index in [1.54, 1.807) is 11.9 Å². The molecule has 0 radical (unpaired) electrons. The molecule has 1 N–H and O–H groups in total.